The number of nitrogens with one attached hydrogen (secondary N) is 1. The van der Waals surface area contributed by atoms with Crippen LogP contribution in [0.2, 0.25) is 0 Å². The highest BCUT2D eigenvalue weighted by atomic mass is 19.4. The minimum Gasteiger partial charge on any atom is -0.324 e. The Morgan fingerprint density at radius 1 is 0.926 bits per heavy atom. The summed E-state index contributed by atoms with van der Waals surface area (Å²) in [7, 11) is 0. The van der Waals surface area contributed by atoms with Crippen LogP contribution in [0.25, 0.3) is 0 Å². The SMILES string of the molecule is O=C(CN(C1CCCCC1)C1CCCCC1)Nc1ccccc1C(F)(F)F. The molecule has 1 aromatic carbocycles. The van der Waals surface area contributed by atoms with Crippen molar-refractivity contribution in [2.45, 2.75) is 82.5 Å². The van der Waals surface area contributed by atoms with Crippen molar-refractivity contribution in [3.63, 3.8) is 0 Å². The standard InChI is InChI=1S/C21H29F3N2O/c22-21(23,24)18-13-7-8-14-19(18)25-20(27)15-26(16-9-3-1-4-10-16)17-11-5-2-6-12-17/h7-8,13-14,16-17H,1-6,9-12,15H2,(H,25,27). The highest BCUT2D eigenvalue weighted by Crippen LogP contribution is 2.35. The molecule has 1 amide bonds. The first-order valence-electron chi connectivity index (χ1n) is 10.2. The molecular formula is C21H29F3N2O. The Morgan fingerprint density at radius 3 is 1.96 bits per heavy atom. The second-order valence-corrected chi connectivity index (χ2v) is 7.85. The van der Waals surface area contributed by atoms with Gasteiger partial charge in [0.05, 0.1) is 17.8 Å². The van der Waals surface area contributed by atoms with Gasteiger partial charge in [-0.2, -0.15) is 13.2 Å². The largest absolute Gasteiger partial charge is 0.418 e. The Labute approximate surface area is 159 Å². The average Bonchev–Trinajstić information content (AvgIpc) is 2.67. The molecule has 3 rings (SSSR count). The van der Waals surface area contributed by atoms with E-state index in [-0.39, 0.29) is 18.1 Å². The summed E-state index contributed by atoms with van der Waals surface area (Å²) in [6, 6.07) is 5.96. The number of halogens is 3. The van der Waals surface area contributed by atoms with E-state index in [2.05, 4.69) is 10.2 Å². The number of carbonyl (C=O) groups is 1. The number of alkyl halides is 3. The fourth-order valence-electron chi connectivity index (χ4n) is 4.58. The van der Waals surface area contributed by atoms with Crippen LogP contribution in [-0.4, -0.2) is 29.4 Å². The van der Waals surface area contributed by atoms with Crippen molar-refractivity contribution in [2.75, 3.05) is 11.9 Å². The van der Waals surface area contributed by atoms with Crippen molar-refractivity contribution in [3.8, 4) is 0 Å². The van der Waals surface area contributed by atoms with E-state index in [1.165, 1.54) is 56.7 Å². The quantitative estimate of drug-likeness (QED) is 0.718. The van der Waals surface area contributed by atoms with Gasteiger partial charge in [0.1, 0.15) is 0 Å². The Balaban J connectivity index is 1.71. The zero-order valence-electron chi connectivity index (χ0n) is 15.7. The molecule has 0 heterocycles. The fourth-order valence-corrected chi connectivity index (χ4v) is 4.58. The lowest BCUT2D eigenvalue weighted by Crippen LogP contribution is -2.48. The van der Waals surface area contributed by atoms with Crippen molar-refractivity contribution >= 4 is 11.6 Å². The Kier molecular flexibility index (Phi) is 6.79. The maximum Gasteiger partial charge on any atom is 0.418 e. The topological polar surface area (TPSA) is 32.3 Å². The number of hydrogen-bond acceptors (Lipinski definition) is 2. The molecular weight excluding hydrogens is 353 g/mol. The lowest BCUT2D eigenvalue weighted by molar-refractivity contribution is -0.137. The first kappa shape index (κ1) is 20.2. The summed E-state index contributed by atoms with van der Waals surface area (Å²) in [6.07, 6.45) is 7.03. The molecule has 0 spiro atoms. The van der Waals surface area contributed by atoms with Gasteiger partial charge in [-0.1, -0.05) is 50.7 Å². The van der Waals surface area contributed by atoms with Crippen molar-refractivity contribution in [2.24, 2.45) is 0 Å². The number of nitrogens with zero attached hydrogens (tertiary/aromatic N) is 1. The van der Waals surface area contributed by atoms with E-state index >= 15 is 0 Å². The van der Waals surface area contributed by atoms with Gasteiger partial charge in [0.2, 0.25) is 5.91 Å². The zero-order valence-corrected chi connectivity index (χ0v) is 15.7. The average molecular weight is 382 g/mol. The molecule has 6 heteroatoms. The first-order valence-corrected chi connectivity index (χ1v) is 10.2. The molecule has 0 atom stereocenters. The van der Waals surface area contributed by atoms with Crippen LogP contribution in [0.4, 0.5) is 18.9 Å². The molecule has 2 fully saturated rings. The number of para-hydroxylation sites is 1. The third-order valence-electron chi connectivity index (χ3n) is 5.92. The van der Waals surface area contributed by atoms with Gasteiger partial charge in [-0.25, -0.2) is 0 Å². The van der Waals surface area contributed by atoms with Crippen LogP contribution in [0.3, 0.4) is 0 Å². The van der Waals surface area contributed by atoms with E-state index in [0.717, 1.165) is 31.7 Å². The molecule has 0 bridgehead atoms. The number of benzene rings is 1. The lowest BCUT2D eigenvalue weighted by Gasteiger charge is -2.41. The van der Waals surface area contributed by atoms with E-state index in [1.807, 2.05) is 0 Å². The summed E-state index contributed by atoms with van der Waals surface area (Å²) < 4.78 is 39.5. The summed E-state index contributed by atoms with van der Waals surface area (Å²) >= 11 is 0. The van der Waals surface area contributed by atoms with Gasteiger partial charge in [-0.15, -0.1) is 0 Å². The third-order valence-corrected chi connectivity index (χ3v) is 5.92. The molecule has 1 aromatic rings. The van der Waals surface area contributed by atoms with Crippen LogP contribution in [0.5, 0.6) is 0 Å². The summed E-state index contributed by atoms with van der Waals surface area (Å²) in [4.78, 5) is 15.0. The third kappa shape index (κ3) is 5.47. The number of amides is 1. The molecule has 0 radical (unpaired) electrons. The van der Waals surface area contributed by atoms with E-state index in [1.54, 1.807) is 0 Å². The van der Waals surface area contributed by atoms with Crippen LogP contribution >= 0.6 is 0 Å². The highest BCUT2D eigenvalue weighted by Gasteiger charge is 2.34. The second kappa shape index (κ2) is 9.09. The van der Waals surface area contributed by atoms with Gasteiger partial charge in [-0.05, 0) is 37.8 Å². The van der Waals surface area contributed by atoms with Gasteiger partial charge in [0.25, 0.3) is 0 Å². The monoisotopic (exact) mass is 382 g/mol. The summed E-state index contributed by atoms with van der Waals surface area (Å²) in [5.41, 5.74) is -0.942. The molecule has 0 aromatic heterocycles. The van der Waals surface area contributed by atoms with Gasteiger partial charge in [-0.3, -0.25) is 9.69 Å². The lowest BCUT2D eigenvalue weighted by atomic mass is 9.88. The van der Waals surface area contributed by atoms with Crippen molar-refractivity contribution in [3.05, 3.63) is 29.8 Å². The van der Waals surface area contributed by atoms with E-state index in [0.29, 0.717) is 12.1 Å². The smallest absolute Gasteiger partial charge is 0.324 e. The maximum atomic E-state index is 13.2. The van der Waals surface area contributed by atoms with Crippen LogP contribution in [-0.2, 0) is 11.0 Å². The van der Waals surface area contributed by atoms with E-state index in [9.17, 15) is 18.0 Å². The van der Waals surface area contributed by atoms with Crippen molar-refractivity contribution in [1.82, 2.24) is 4.90 Å². The molecule has 0 unspecified atom stereocenters. The summed E-state index contributed by atoms with van der Waals surface area (Å²) in [6.45, 7) is 0.182. The summed E-state index contributed by atoms with van der Waals surface area (Å²) in [5.74, 6) is -0.345. The molecule has 0 aliphatic heterocycles. The summed E-state index contributed by atoms with van der Waals surface area (Å²) in [5, 5.41) is 2.53. The molecule has 2 saturated carbocycles. The minimum atomic E-state index is -4.48. The Bertz CT molecular complexity index is 602. The van der Waals surface area contributed by atoms with Gasteiger partial charge in [0.15, 0.2) is 0 Å². The normalized spacial score (nSPS) is 20.0. The molecule has 1 N–H and O–H groups in total. The number of anilines is 1. The predicted molar refractivity (Wildman–Crippen MR) is 101 cm³/mol. The van der Waals surface area contributed by atoms with Crippen molar-refractivity contribution < 1.29 is 18.0 Å². The van der Waals surface area contributed by atoms with Gasteiger partial charge < -0.3 is 5.32 Å². The molecule has 27 heavy (non-hydrogen) atoms. The zero-order chi connectivity index (χ0) is 19.3. The molecule has 3 nitrogen and oxygen atoms in total. The minimum absolute atomic E-state index is 0.151. The van der Waals surface area contributed by atoms with Gasteiger partial charge >= 0.3 is 6.18 Å². The highest BCUT2D eigenvalue weighted by molar-refractivity contribution is 5.93. The van der Waals surface area contributed by atoms with Crippen molar-refractivity contribution in [1.29, 1.82) is 0 Å². The van der Waals surface area contributed by atoms with Crippen LogP contribution in [0, 0.1) is 0 Å². The predicted octanol–water partition coefficient (Wildman–Crippen LogP) is 5.61. The van der Waals surface area contributed by atoms with Crippen LogP contribution in [0.15, 0.2) is 24.3 Å². The number of hydrogen-bond donors (Lipinski definition) is 1. The molecule has 0 saturated heterocycles. The molecule has 2 aliphatic carbocycles. The number of rotatable bonds is 5. The van der Waals surface area contributed by atoms with Crippen LogP contribution < -0.4 is 5.32 Å². The van der Waals surface area contributed by atoms with E-state index < -0.39 is 11.7 Å². The van der Waals surface area contributed by atoms with E-state index in [4.69, 9.17) is 0 Å². The molecule has 2 aliphatic rings. The Hall–Kier alpha value is -1.56. The van der Waals surface area contributed by atoms with Crippen LogP contribution in [0.1, 0.15) is 69.8 Å². The second-order valence-electron chi connectivity index (χ2n) is 7.85. The Morgan fingerprint density at radius 2 is 1.44 bits per heavy atom. The van der Waals surface area contributed by atoms with Gasteiger partial charge in [0, 0.05) is 12.1 Å². The molecule has 150 valence electrons. The maximum absolute atomic E-state index is 13.2. The number of carbonyl (C=O) groups excluding carboxylic acids is 1. The first-order chi connectivity index (χ1) is 12.9. The fraction of sp³-hybridized carbons (Fsp3) is 0.667.